The Labute approximate surface area is 157 Å². The zero-order chi connectivity index (χ0) is 19.6. The van der Waals surface area contributed by atoms with Gasteiger partial charge in [-0.1, -0.05) is 0 Å². The van der Waals surface area contributed by atoms with Crippen LogP contribution in [-0.4, -0.2) is 58.0 Å². The highest BCUT2D eigenvalue weighted by atomic mass is 16.6. The van der Waals surface area contributed by atoms with Gasteiger partial charge in [0.25, 0.3) is 5.69 Å². The molecule has 2 aromatic rings. The van der Waals surface area contributed by atoms with Gasteiger partial charge in [0.2, 0.25) is 17.7 Å². The van der Waals surface area contributed by atoms with Gasteiger partial charge >= 0.3 is 0 Å². The number of benzene rings is 1. The fourth-order valence-electron chi connectivity index (χ4n) is 3.30. The molecular formula is C18H23N5O4. The van der Waals surface area contributed by atoms with Crippen LogP contribution in [0.2, 0.25) is 0 Å². The number of hydrogen-bond acceptors (Lipinski definition) is 7. The zero-order valence-corrected chi connectivity index (χ0v) is 15.7. The van der Waals surface area contributed by atoms with Crippen molar-refractivity contribution in [1.82, 2.24) is 20.0 Å². The van der Waals surface area contributed by atoms with Crippen molar-refractivity contribution >= 4 is 11.6 Å². The number of nitrogens with zero attached hydrogens (tertiary/aromatic N) is 5. The molecule has 27 heavy (non-hydrogen) atoms. The molecule has 2 heterocycles. The summed E-state index contributed by atoms with van der Waals surface area (Å²) >= 11 is 0. The average Bonchev–Trinajstić information content (AvgIpc) is 3.17. The molecule has 1 fully saturated rings. The zero-order valence-electron chi connectivity index (χ0n) is 15.7. The number of hydrogen-bond donors (Lipinski definition) is 0. The number of carbonyl (C=O) groups excluding carboxylic acids is 1. The Morgan fingerprint density at radius 2 is 1.89 bits per heavy atom. The lowest BCUT2D eigenvalue weighted by Gasteiger charge is -2.34. The van der Waals surface area contributed by atoms with E-state index < -0.39 is 4.92 Å². The molecule has 1 aromatic heterocycles. The predicted molar refractivity (Wildman–Crippen MR) is 97.8 cm³/mol. The van der Waals surface area contributed by atoms with Crippen LogP contribution in [0.3, 0.4) is 0 Å². The Kier molecular flexibility index (Phi) is 5.50. The third-order valence-electron chi connectivity index (χ3n) is 4.99. The van der Waals surface area contributed by atoms with Crippen LogP contribution in [0.15, 0.2) is 28.7 Å². The summed E-state index contributed by atoms with van der Waals surface area (Å²) in [6, 6.07) is 5.96. The van der Waals surface area contributed by atoms with Crippen molar-refractivity contribution < 1.29 is 14.1 Å². The molecule has 1 amide bonds. The highest BCUT2D eigenvalue weighted by molar-refractivity contribution is 5.78. The van der Waals surface area contributed by atoms with Crippen molar-refractivity contribution in [2.24, 2.45) is 5.92 Å². The van der Waals surface area contributed by atoms with Gasteiger partial charge in [0.1, 0.15) is 0 Å². The number of likely N-dealkylation sites (tertiary alicyclic amines) is 1. The Balaban J connectivity index is 1.64. The normalized spacial score (nSPS) is 16.9. The summed E-state index contributed by atoms with van der Waals surface area (Å²) in [6.45, 7) is 3.59. The van der Waals surface area contributed by atoms with Crippen LogP contribution < -0.4 is 0 Å². The van der Waals surface area contributed by atoms with Crippen LogP contribution >= 0.6 is 0 Å². The molecule has 1 saturated heterocycles. The lowest BCUT2D eigenvalue weighted by molar-refractivity contribution is -0.384. The van der Waals surface area contributed by atoms with Crippen molar-refractivity contribution in [3.05, 3.63) is 40.3 Å². The Morgan fingerprint density at radius 3 is 2.44 bits per heavy atom. The van der Waals surface area contributed by atoms with Gasteiger partial charge < -0.3 is 9.32 Å². The highest BCUT2D eigenvalue weighted by Gasteiger charge is 2.30. The number of aromatic nitrogens is 2. The Morgan fingerprint density at radius 1 is 1.26 bits per heavy atom. The van der Waals surface area contributed by atoms with Gasteiger partial charge in [0.15, 0.2) is 0 Å². The third-order valence-corrected chi connectivity index (χ3v) is 4.99. The van der Waals surface area contributed by atoms with Crippen molar-refractivity contribution in [3.8, 4) is 11.5 Å². The largest absolute Gasteiger partial charge is 0.419 e. The molecule has 9 heteroatoms. The molecule has 9 nitrogen and oxygen atoms in total. The van der Waals surface area contributed by atoms with E-state index in [4.69, 9.17) is 4.42 Å². The summed E-state index contributed by atoms with van der Waals surface area (Å²) in [5, 5.41) is 19.0. The fraction of sp³-hybridized carbons (Fsp3) is 0.500. The molecule has 1 aliphatic heterocycles. The first kappa shape index (κ1) is 19.0. The summed E-state index contributed by atoms with van der Waals surface area (Å²) < 4.78 is 5.79. The number of carbonyl (C=O) groups is 1. The van der Waals surface area contributed by atoms with E-state index in [1.54, 1.807) is 31.1 Å². The minimum Gasteiger partial charge on any atom is -0.419 e. The van der Waals surface area contributed by atoms with Crippen LogP contribution in [0.5, 0.6) is 0 Å². The maximum absolute atomic E-state index is 12.1. The molecule has 0 unspecified atom stereocenters. The van der Waals surface area contributed by atoms with Crippen LogP contribution in [0.4, 0.5) is 5.69 Å². The summed E-state index contributed by atoms with van der Waals surface area (Å²) in [4.78, 5) is 26.3. The molecule has 1 aromatic carbocycles. The second kappa shape index (κ2) is 7.83. The van der Waals surface area contributed by atoms with Gasteiger partial charge in [-0.05, 0) is 45.0 Å². The maximum Gasteiger partial charge on any atom is 0.269 e. The Hall–Kier alpha value is -2.81. The number of nitro groups is 1. The molecule has 3 rings (SSSR count). The highest BCUT2D eigenvalue weighted by Crippen LogP contribution is 2.29. The van der Waals surface area contributed by atoms with Crippen LogP contribution in [0.25, 0.3) is 11.5 Å². The summed E-state index contributed by atoms with van der Waals surface area (Å²) in [7, 11) is 3.57. The topological polar surface area (TPSA) is 106 Å². The second-order valence-electron chi connectivity index (χ2n) is 6.97. The molecule has 1 aliphatic rings. The SMILES string of the molecule is C[C@H](c1nnc(-c2ccc([N+](=O)[O-])cc2)o1)N1CCC(C(=O)N(C)C)CC1. The van der Waals surface area contributed by atoms with Gasteiger partial charge in [-0.15, -0.1) is 10.2 Å². The van der Waals surface area contributed by atoms with Crippen LogP contribution in [-0.2, 0) is 4.79 Å². The van der Waals surface area contributed by atoms with E-state index in [1.165, 1.54) is 12.1 Å². The van der Waals surface area contributed by atoms with Gasteiger partial charge in [-0.3, -0.25) is 19.8 Å². The van der Waals surface area contributed by atoms with Crippen molar-refractivity contribution in [2.45, 2.75) is 25.8 Å². The number of nitro benzene ring substituents is 1. The molecule has 0 bridgehead atoms. The lowest BCUT2D eigenvalue weighted by atomic mass is 9.94. The maximum atomic E-state index is 12.1. The molecule has 0 saturated carbocycles. The van der Waals surface area contributed by atoms with E-state index in [0.29, 0.717) is 17.3 Å². The van der Waals surface area contributed by atoms with Gasteiger partial charge in [0.05, 0.1) is 11.0 Å². The molecule has 1 atom stereocenters. The average molecular weight is 373 g/mol. The van der Waals surface area contributed by atoms with E-state index in [0.717, 1.165) is 25.9 Å². The summed E-state index contributed by atoms with van der Waals surface area (Å²) in [6.07, 6.45) is 1.62. The molecule has 0 spiro atoms. The summed E-state index contributed by atoms with van der Waals surface area (Å²) in [5.41, 5.74) is 0.656. The predicted octanol–water partition coefficient (Wildman–Crippen LogP) is 2.51. The Bertz CT molecular complexity index is 809. The summed E-state index contributed by atoms with van der Waals surface area (Å²) in [5.74, 6) is 1.09. The smallest absolute Gasteiger partial charge is 0.269 e. The standard InChI is InChI=1S/C18H23N5O4/c1-12(22-10-8-14(9-11-22)18(24)21(2)3)16-19-20-17(27-16)13-4-6-15(7-5-13)23(25)26/h4-7,12,14H,8-11H2,1-3H3/t12-/m1/s1. The van der Waals surface area contributed by atoms with E-state index in [2.05, 4.69) is 15.1 Å². The quantitative estimate of drug-likeness (QED) is 0.585. The molecule has 0 N–H and O–H groups in total. The number of amides is 1. The van der Waals surface area contributed by atoms with E-state index >= 15 is 0 Å². The second-order valence-corrected chi connectivity index (χ2v) is 6.97. The van der Waals surface area contributed by atoms with Gasteiger partial charge in [-0.2, -0.15) is 0 Å². The first-order chi connectivity index (χ1) is 12.9. The van der Waals surface area contributed by atoms with Crippen LogP contribution in [0, 0.1) is 16.0 Å². The van der Waals surface area contributed by atoms with Gasteiger partial charge in [0, 0.05) is 37.7 Å². The minimum atomic E-state index is -0.449. The first-order valence-electron chi connectivity index (χ1n) is 8.90. The van der Waals surface area contributed by atoms with Crippen molar-refractivity contribution in [3.63, 3.8) is 0 Å². The number of non-ortho nitro benzene ring substituents is 1. The van der Waals surface area contributed by atoms with E-state index in [1.807, 2.05) is 6.92 Å². The number of piperidine rings is 1. The molecular weight excluding hydrogens is 350 g/mol. The fourth-order valence-corrected chi connectivity index (χ4v) is 3.30. The lowest BCUT2D eigenvalue weighted by Crippen LogP contribution is -2.41. The number of rotatable bonds is 5. The van der Waals surface area contributed by atoms with Crippen molar-refractivity contribution in [2.75, 3.05) is 27.2 Å². The van der Waals surface area contributed by atoms with Crippen molar-refractivity contribution in [1.29, 1.82) is 0 Å². The minimum absolute atomic E-state index is 0.0157. The van der Waals surface area contributed by atoms with Gasteiger partial charge in [-0.25, -0.2) is 0 Å². The van der Waals surface area contributed by atoms with E-state index in [9.17, 15) is 14.9 Å². The van der Waals surface area contributed by atoms with Crippen LogP contribution in [0.1, 0.15) is 31.7 Å². The monoisotopic (exact) mass is 373 g/mol. The molecule has 0 radical (unpaired) electrons. The third kappa shape index (κ3) is 4.13. The van der Waals surface area contributed by atoms with E-state index in [-0.39, 0.29) is 23.6 Å². The molecule has 0 aliphatic carbocycles. The molecule has 144 valence electrons. The first-order valence-corrected chi connectivity index (χ1v) is 8.90.